The molecule has 21 heavy (non-hydrogen) atoms. The molecule has 2 rings (SSSR count). The molecule has 5 nitrogen and oxygen atoms in total. The van der Waals surface area contributed by atoms with Crippen LogP contribution in [0.2, 0.25) is 0 Å². The van der Waals surface area contributed by atoms with Gasteiger partial charge in [0.1, 0.15) is 6.61 Å². The van der Waals surface area contributed by atoms with E-state index in [9.17, 15) is 9.59 Å². The second kappa shape index (κ2) is 6.85. The minimum atomic E-state index is -0.328. The Morgan fingerprint density at radius 2 is 2.05 bits per heavy atom. The number of thioether (sulfide) groups is 1. The Labute approximate surface area is 128 Å². The first kappa shape index (κ1) is 15.7. The van der Waals surface area contributed by atoms with Gasteiger partial charge >= 0.3 is 6.09 Å². The average molecular weight is 308 g/mol. The number of rotatable bonds is 3. The summed E-state index contributed by atoms with van der Waals surface area (Å²) in [4.78, 5) is 24.9. The maximum Gasteiger partial charge on any atom is 0.410 e. The maximum atomic E-state index is 12.1. The lowest BCUT2D eigenvalue weighted by Gasteiger charge is -2.20. The number of likely N-dealkylation sites (tertiary alicyclic amines) is 1. The van der Waals surface area contributed by atoms with Gasteiger partial charge in [-0.2, -0.15) is 0 Å². The van der Waals surface area contributed by atoms with Crippen molar-refractivity contribution in [2.45, 2.75) is 38.2 Å². The summed E-state index contributed by atoms with van der Waals surface area (Å²) >= 11 is 1.30. The fourth-order valence-electron chi connectivity index (χ4n) is 2.40. The van der Waals surface area contributed by atoms with Crippen LogP contribution in [0.15, 0.2) is 24.3 Å². The lowest BCUT2D eigenvalue weighted by Crippen LogP contribution is -2.34. The van der Waals surface area contributed by atoms with Crippen LogP contribution in [0.4, 0.5) is 10.5 Å². The summed E-state index contributed by atoms with van der Waals surface area (Å²) in [5.41, 5.74) is 7.19. The molecule has 1 amide bonds. The number of nitrogen functional groups attached to an aromatic ring is 1. The predicted molar refractivity (Wildman–Crippen MR) is 83.9 cm³/mol. The number of anilines is 1. The molecule has 1 aromatic carbocycles. The summed E-state index contributed by atoms with van der Waals surface area (Å²) in [6.07, 6.45) is 0.493. The molecule has 0 aromatic heterocycles. The minimum absolute atomic E-state index is 0.0873. The molecule has 1 heterocycles. The third-order valence-corrected chi connectivity index (χ3v) is 4.45. The van der Waals surface area contributed by atoms with Crippen molar-refractivity contribution in [2.75, 3.05) is 12.3 Å². The summed E-state index contributed by atoms with van der Waals surface area (Å²) in [6, 6.07) is 7.33. The number of hydrogen-bond donors (Lipinski definition) is 1. The number of nitrogens with two attached hydrogens (primary N) is 1. The van der Waals surface area contributed by atoms with Crippen molar-refractivity contribution in [1.29, 1.82) is 0 Å². The van der Waals surface area contributed by atoms with E-state index in [0.717, 1.165) is 12.0 Å². The van der Waals surface area contributed by atoms with Crippen LogP contribution < -0.4 is 5.73 Å². The molecule has 2 atom stereocenters. The van der Waals surface area contributed by atoms with Crippen molar-refractivity contribution in [1.82, 2.24) is 4.90 Å². The lowest BCUT2D eigenvalue weighted by molar-refractivity contribution is -0.109. The van der Waals surface area contributed by atoms with Gasteiger partial charge < -0.3 is 15.4 Å². The fraction of sp³-hybridized carbons (Fsp3) is 0.467. The Balaban J connectivity index is 1.85. The van der Waals surface area contributed by atoms with Gasteiger partial charge in [-0.05, 0) is 31.0 Å². The van der Waals surface area contributed by atoms with E-state index in [-0.39, 0.29) is 29.1 Å². The van der Waals surface area contributed by atoms with Crippen molar-refractivity contribution in [3.63, 3.8) is 0 Å². The zero-order valence-corrected chi connectivity index (χ0v) is 13.1. The van der Waals surface area contributed by atoms with Crippen molar-refractivity contribution in [3.05, 3.63) is 29.8 Å². The number of amides is 1. The van der Waals surface area contributed by atoms with Crippen LogP contribution in [0.25, 0.3) is 0 Å². The number of ether oxygens (including phenoxy) is 1. The fourth-order valence-corrected chi connectivity index (χ4v) is 3.48. The Morgan fingerprint density at radius 3 is 2.67 bits per heavy atom. The van der Waals surface area contributed by atoms with E-state index < -0.39 is 0 Å². The number of benzene rings is 1. The topological polar surface area (TPSA) is 72.6 Å². The van der Waals surface area contributed by atoms with Crippen LogP contribution in [-0.4, -0.2) is 33.9 Å². The van der Waals surface area contributed by atoms with Crippen LogP contribution in [0, 0.1) is 0 Å². The monoisotopic (exact) mass is 308 g/mol. The van der Waals surface area contributed by atoms with Gasteiger partial charge in [0.25, 0.3) is 0 Å². The summed E-state index contributed by atoms with van der Waals surface area (Å²) in [7, 11) is 0. The molecule has 114 valence electrons. The van der Waals surface area contributed by atoms with Gasteiger partial charge in [-0.1, -0.05) is 23.9 Å². The smallest absolute Gasteiger partial charge is 0.410 e. The van der Waals surface area contributed by atoms with Gasteiger partial charge in [0.2, 0.25) is 0 Å². The van der Waals surface area contributed by atoms with E-state index in [2.05, 4.69) is 0 Å². The van der Waals surface area contributed by atoms with Gasteiger partial charge in [0.15, 0.2) is 5.12 Å². The van der Waals surface area contributed by atoms with Crippen LogP contribution in [0.1, 0.15) is 25.8 Å². The molecule has 1 aliphatic heterocycles. The van der Waals surface area contributed by atoms with Gasteiger partial charge in [0, 0.05) is 30.4 Å². The second-order valence-corrected chi connectivity index (χ2v) is 6.74. The highest BCUT2D eigenvalue weighted by Crippen LogP contribution is 2.28. The molecule has 0 saturated carbocycles. The number of nitrogens with zero attached hydrogens (tertiary/aromatic N) is 1. The number of carbonyl (C=O) groups excluding carboxylic acids is 2. The van der Waals surface area contributed by atoms with Gasteiger partial charge in [-0.3, -0.25) is 4.79 Å². The normalized spacial score (nSPS) is 21.3. The Kier molecular flexibility index (Phi) is 5.12. The lowest BCUT2D eigenvalue weighted by atomic mass is 10.2. The highest BCUT2D eigenvalue weighted by Gasteiger charge is 2.34. The molecule has 2 N–H and O–H groups in total. The molecule has 0 aliphatic carbocycles. The number of carbonyl (C=O) groups is 2. The van der Waals surface area contributed by atoms with Crippen LogP contribution in [0.5, 0.6) is 0 Å². The first-order chi connectivity index (χ1) is 9.95. The molecule has 1 aliphatic rings. The Bertz CT molecular complexity index is 518. The Morgan fingerprint density at radius 1 is 1.38 bits per heavy atom. The third kappa shape index (κ3) is 4.39. The van der Waals surface area contributed by atoms with E-state index in [1.165, 1.54) is 11.8 Å². The molecule has 1 saturated heterocycles. The first-order valence-corrected chi connectivity index (χ1v) is 7.78. The molecule has 0 bridgehead atoms. The molecule has 0 unspecified atom stereocenters. The molecule has 0 spiro atoms. The SMILES string of the molecule is CC(=O)S[C@H]1C[C@@H](C)N(C(=O)OCc2ccc(N)cc2)C1. The largest absolute Gasteiger partial charge is 0.445 e. The number of hydrogen-bond acceptors (Lipinski definition) is 5. The van der Waals surface area contributed by atoms with Crippen molar-refractivity contribution in [2.24, 2.45) is 0 Å². The molecule has 6 heteroatoms. The minimum Gasteiger partial charge on any atom is -0.445 e. The van der Waals surface area contributed by atoms with E-state index >= 15 is 0 Å². The van der Waals surface area contributed by atoms with Crippen LogP contribution in [-0.2, 0) is 16.1 Å². The van der Waals surface area contributed by atoms with Gasteiger partial charge in [0.05, 0.1) is 0 Å². The van der Waals surface area contributed by atoms with Gasteiger partial charge in [-0.15, -0.1) is 0 Å². The second-order valence-electron chi connectivity index (χ2n) is 5.26. The highest BCUT2D eigenvalue weighted by molar-refractivity contribution is 8.14. The Hall–Kier alpha value is -1.69. The van der Waals surface area contributed by atoms with Crippen LogP contribution >= 0.6 is 11.8 Å². The van der Waals surface area contributed by atoms with E-state index in [0.29, 0.717) is 12.2 Å². The average Bonchev–Trinajstić information content (AvgIpc) is 2.77. The van der Waals surface area contributed by atoms with E-state index in [1.54, 1.807) is 24.0 Å². The summed E-state index contributed by atoms with van der Waals surface area (Å²) in [5.74, 6) is 0. The van der Waals surface area contributed by atoms with E-state index in [1.807, 2.05) is 19.1 Å². The summed E-state index contributed by atoms with van der Waals surface area (Å²) in [5, 5.41) is 0.255. The zero-order valence-electron chi connectivity index (χ0n) is 12.2. The highest BCUT2D eigenvalue weighted by atomic mass is 32.2. The van der Waals surface area contributed by atoms with Gasteiger partial charge in [-0.25, -0.2) is 4.79 Å². The van der Waals surface area contributed by atoms with Crippen molar-refractivity contribution >= 4 is 28.7 Å². The standard InChI is InChI=1S/C15H20N2O3S/c1-10-7-14(21-11(2)18)8-17(10)15(19)20-9-12-3-5-13(16)6-4-12/h3-6,10,14H,7-9,16H2,1-2H3/t10-,14+/m1/s1. The maximum absolute atomic E-state index is 12.1. The summed E-state index contributed by atoms with van der Waals surface area (Å²) in [6.45, 7) is 4.32. The quantitative estimate of drug-likeness (QED) is 0.869. The van der Waals surface area contributed by atoms with Crippen molar-refractivity contribution in [3.8, 4) is 0 Å². The third-order valence-electron chi connectivity index (χ3n) is 3.45. The van der Waals surface area contributed by atoms with E-state index in [4.69, 9.17) is 10.5 Å². The summed E-state index contributed by atoms with van der Waals surface area (Å²) < 4.78 is 5.33. The predicted octanol–water partition coefficient (Wildman–Crippen LogP) is 2.65. The molecular weight excluding hydrogens is 288 g/mol. The molecule has 1 aromatic rings. The van der Waals surface area contributed by atoms with Crippen LogP contribution in [0.3, 0.4) is 0 Å². The molecule has 0 radical (unpaired) electrons. The zero-order chi connectivity index (χ0) is 15.4. The van der Waals surface area contributed by atoms with Crippen molar-refractivity contribution < 1.29 is 14.3 Å². The first-order valence-electron chi connectivity index (χ1n) is 6.90. The molecule has 1 fully saturated rings. The molecular formula is C15H20N2O3S.